The molecule has 1 nitrogen and oxygen atoms in total. The Morgan fingerprint density at radius 2 is 2.00 bits per heavy atom. The molecular weight excluding hydrogens is 160 g/mol. The maximum Gasteiger partial charge on any atom is 0.161 e. The zero-order chi connectivity index (χ0) is 9.68. The summed E-state index contributed by atoms with van der Waals surface area (Å²) in [6.07, 6.45) is 9.77. The van der Waals surface area contributed by atoms with Gasteiger partial charge < -0.3 is 0 Å². The van der Waals surface area contributed by atoms with Crippen LogP contribution in [0.2, 0.25) is 0 Å². The average molecular weight is 178 g/mol. The van der Waals surface area contributed by atoms with E-state index in [1.54, 1.807) is 0 Å². The van der Waals surface area contributed by atoms with Crippen molar-refractivity contribution < 1.29 is 4.79 Å². The zero-order valence-corrected chi connectivity index (χ0v) is 8.38. The molecule has 0 saturated heterocycles. The molecule has 0 aromatic rings. The van der Waals surface area contributed by atoms with E-state index >= 15 is 0 Å². The summed E-state index contributed by atoms with van der Waals surface area (Å²) in [5, 5.41) is 0. The van der Waals surface area contributed by atoms with Gasteiger partial charge in [-0.2, -0.15) is 0 Å². The monoisotopic (exact) mass is 178 g/mol. The highest BCUT2D eigenvalue weighted by Gasteiger charge is 2.17. The van der Waals surface area contributed by atoms with Crippen LogP contribution in [-0.2, 0) is 4.79 Å². The van der Waals surface area contributed by atoms with Gasteiger partial charge in [-0.15, -0.1) is 0 Å². The summed E-state index contributed by atoms with van der Waals surface area (Å²) >= 11 is 0. The van der Waals surface area contributed by atoms with Crippen molar-refractivity contribution >= 4 is 5.78 Å². The lowest BCUT2D eigenvalue weighted by atomic mass is 9.88. The summed E-state index contributed by atoms with van der Waals surface area (Å²) in [7, 11) is 0. The second-order valence-corrected chi connectivity index (χ2v) is 3.82. The van der Waals surface area contributed by atoms with Crippen molar-refractivity contribution in [3.8, 4) is 0 Å². The molecule has 0 heterocycles. The van der Waals surface area contributed by atoms with Gasteiger partial charge in [-0.05, 0) is 44.6 Å². The predicted octanol–water partition coefficient (Wildman–Crippen LogP) is 3.27. The molecule has 1 unspecified atom stereocenters. The fourth-order valence-corrected chi connectivity index (χ4v) is 1.77. The van der Waals surface area contributed by atoms with E-state index in [1.165, 1.54) is 0 Å². The number of allylic oxidation sites excluding steroid dienone is 3. The Morgan fingerprint density at radius 3 is 2.69 bits per heavy atom. The molecule has 0 radical (unpaired) electrons. The van der Waals surface area contributed by atoms with Crippen molar-refractivity contribution in [2.75, 3.05) is 0 Å². The lowest BCUT2D eigenvalue weighted by Gasteiger charge is -2.15. The summed E-state index contributed by atoms with van der Waals surface area (Å²) in [5.74, 6) is 0.512. The molecular formula is C12H18O. The zero-order valence-electron chi connectivity index (χ0n) is 8.38. The highest BCUT2D eigenvalue weighted by atomic mass is 16.1. The van der Waals surface area contributed by atoms with Crippen LogP contribution in [0.3, 0.4) is 0 Å². The number of ketones is 1. The van der Waals surface area contributed by atoms with Gasteiger partial charge in [-0.1, -0.05) is 18.7 Å². The molecule has 0 fully saturated rings. The minimum Gasteiger partial charge on any atom is -0.294 e. The Kier molecular flexibility index (Phi) is 3.94. The molecule has 1 rings (SSSR count). The van der Waals surface area contributed by atoms with Crippen molar-refractivity contribution in [1.29, 1.82) is 0 Å². The second kappa shape index (κ2) is 5.00. The molecule has 0 bridgehead atoms. The summed E-state index contributed by atoms with van der Waals surface area (Å²) in [5.41, 5.74) is 0.717. The topological polar surface area (TPSA) is 17.1 Å². The molecule has 13 heavy (non-hydrogen) atoms. The van der Waals surface area contributed by atoms with E-state index in [9.17, 15) is 4.79 Å². The minimum absolute atomic E-state index is 0.238. The first kappa shape index (κ1) is 10.2. The number of Topliss-reactive ketones (excluding diaryl/α,β-unsaturated/α-hetero) is 1. The lowest BCUT2D eigenvalue weighted by molar-refractivity contribution is -0.119. The fourth-order valence-electron chi connectivity index (χ4n) is 1.77. The van der Waals surface area contributed by atoms with Gasteiger partial charge in [0.15, 0.2) is 5.78 Å². The van der Waals surface area contributed by atoms with Gasteiger partial charge in [0.2, 0.25) is 0 Å². The number of rotatable bonds is 2. The molecule has 1 heteroatoms. The third-order valence-corrected chi connectivity index (χ3v) is 2.56. The second-order valence-electron chi connectivity index (χ2n) is 3.82. The van der Waals surface area contributed by atoms with E-state index in [0.717, 1.165) is 37.7 Å². The van der Waals surface area contributed by atoms with Crippen molar-refractivity contribution in [3.63, 3.8) is 0 Å². The molecule has 1 atom stereocenters. The van der Waals surface area contributed by atoms with Gasteiger partial charge in [-0.3, -0.25) is 4.79 Å². The van der Waals surface area contributed by atoms with Gasteiger partial charge in [0, 0.05) is 5.92 Å². The lowest BCUT2D eigenvalue weighted by Crippen LogP contribution is -2.15. The van der Waals surface area contributed by atoms with E-state index in [2.05, 4.69) is 18.7 Å². The van der Waals surface area contributed by atoms with Crippen LogP contribution in [0, 0.1) is 5.92 Å². The molecule has 0 aromatic heterocycles. The summed E-state index contributed by atoms with van der Waals surface area (Å²) in [6.45, 7) is 5.53. The fraction of sp³-hybridized carbons (Fsp3) is 0.583. The SMILES string of the molecule is C=C(C)C(=O)C1CCC=CCCC1. The Bertz CT molecular complexity index is 225. The number of hydrogen-bond donors (Lipinski definition) is 0. The van der Waals surface area contributed by atoms with Crippen LogP contribution in [0.25, 0.3) is 0 Å². The molecule has 1 aliphatic rings. The number of carbonyl (C=O) groups excluding carboxylic acids is 1. The maximum atomic E-state index is 11.6. The summed E-state index contributed by atoms with van der Waals surface area (Å²) in [6, 6.07) is 0. The van der Waals surface area contributed by atoms with Crippen molar-refractivity contribution in [3.05, 3.63) is 24.3 Å². The number of carbonyl (C=O) groups is 1. The van der Waals surface area contributed by atoms with E-state index in [0.29, 0.717) is 0 Å². The van der Waals surface area contributed by atoms with E-state index < -0.39 is 0 Å². The molecule has 72 valence electrons. The quantitative estimate of drug-likeness (QED) is 0.468. The molecule has 0 aliphatic heterocycles. The normalized spacial score (nSPS) is 23.3. The highest BCUT2D eigenvalue weighted by Crippen LogP contribution is 2.21. The Hall–Kier alpha value is -0.850. The smallest absolute Gasteiger partial charge is 0.161 e. The minimum atomic E-state index is 0.238. The highest BCUT2D eigenvalue weighted by molar-refractivity contribution is 5.95. The third kappa shape index (κ3) is 3.17. The van der Waals surface area contributed by atoms with Crippen LogP contribution >= 0.6 is 0 Å². The van der Waals surface area contributed by atoms with Gasteiger partial charge in [-0.25, -0.2) is 0 Å². The van der Waals surface area contributed by atoms with Crippen LogP contribution in [0.4, 0.5) is 0 Å². The van der Waals surface area contributed by atoms with Crippen LogP contribution in [-0.4, -0.2) is 5.78 Å². The summed E-state index contributed by atoms with van der Waals surface area (Å²) < 4.78 is 0. The standard InChI is InChI=1S/C12H18O/c1-10(2)12(13)11-8-6-4-3-5-7-9-11/h3-4,11H,1,5-9H2,2H3. The molecule has 0 aromatic carbocycles. The molecule has 0 amide bonds. The Morgan fingerprint density at radius 1 is 1.31 bits per heavy atom. The van der Waals surface area contributed by atoms with Crippen molar-refractivity contribution in [2.45, 2.75) is 39.0 Å². The van der Waals surface area contributed by atoms with E-state index in [4.69, 9.17) is 0 Å². The Balaban J connectivity index is 2.53. The molecule has 0 N–H and O–H groups in total. The Labute approximate surface area is 80.5 Å². The number of hydrogen-bond acceptors (Lipinski definition) is 1. The summed E-state index contributed by atoms with van der Waals surface area (Å²) in [4.78, 5) is 11.6. The van der Waals surface area contributed by atoms with E-state index in [-0.39, 0.29) is 11.7 Å². The van der Waals surface area contributed by atoms with Gasteiger partial charge in [0.1, 0.15) is 0 Å². The van der Waals surface area contributed by atoms with Crippen LogP contribution in [0.5, 0.6) is 0 Å². The average Bonchev–Trinajstić information content (AvgIpc) is 2.02. The molecule has 0 spiro atoms. The van der Waals surface area contributed by atoms with Crippen LogP contribution in [0.1, 0.15) is 39.0 Å². The molecule has 0 saturated carbocycles. The van der Waals surface area contributed by atoms with Gasteiger partial charge in [0.05, 0.1) is 0 Å². The first-order valence-corrected chi connectivity index (χ1v) is 5.06. The van der Waals surface area contributed by atoms with Crippen molar-refractivity contribution in [1.82, 2.24) is 0 Å². The van der Waals surface area contributed by atoms with Crippen LogP contribution < -0.4 is 0 Å². The van der Waals surface area contributed by atoms with Crippen molar-refractivity contribution in [2.24, 2.45) is 5.92 Å². The first-order chi connectivity index (χ1) is 6.22. The van der Waals surface area contributed by atoms with E-state index in [1.807, 2.05) is 6.92 Å². The predicted molar refractivity (Wildman–Crippen MR) is 55.5 cm³/mol. The van der Waals surface area contributed by atoms with Gasteiger partial charge >= 0.3 is 0 Å². The first-order valence-electron chi connectivity index (χ1n) is 5.06. The largest absolute Gasteiger partial charge is 0.294 e. The van der Waals surface area contributed by atoms with Crippen LogP contribution in [0.15, 0.2) is 24.3 Å². The molecule has 1 aliphatic carbocycles. The third-order valence-electron chi connectivity index (χ3n) is 2.56. The van der Waals surface area contributed by atoms with Gasteiger partial charge in [0.25, 0.3) is 0 Å². The maximum absolute atomic E-state index is 11.6.